The molecule has 0 amide bonds. The first kappa shape index (κ1) is 21.2. The number of nitrogens with zero attached hydrogens (tertiary/aromatic N) is 5. The highest BCUT2D eigenvalue weighted by Crippen LogP contribution is 2.15. The normalized spacial score (nSPS) is 17.7. The number of likely N-dealkylation sites (tertiary alicyclic amines) is 1. The van der Waals surface area contributed by atoms with Crippen LogP contribution in [0.15, 0.2) is 29.3 Å². The number of aliphatic imine (C=N–C) groups is 1. The molecule has 3 rings (SSSR count). The van der Waals surface area contributed by atoms with Gasteiger partial charge in [0.1, 0.15) is 18.2 Å². The van der Waals surface area contributed by atoms with Crippen LogP contribution < -0.4 is 10.6 Å². The predicted octanol–water partition coefficient (Wildman–Crippen LogP) is 2.02. The van der Waals surface area contributed by atoms with E-state index in [1.807, 2.05) is 30.7 Å². The minimum Gasteiger partial charge on any atom is -0.356 e. The van der Waals surface area contributed by atoms with Crippen LogP contribution in [-0.2, 0) is 20.0 Å². The Morgan fingerprint density at radius 1 is 1.28 bits per heavy atom. The summed E-state index contributed by atoms with van der Waals surface area (Å²) in [5.74, 6) is 2.24. The third-order valence-corrected chi connectivity index (χ3v) is 5.62. The number of guanidine groups is 1. The molecule has 158 valence electrons. The van der Waals surface area contributed by atoms with Gasteiger partial charge in [0.05, 0.1) is 0 Å². The highest BCUT2D eigenvalue weighted by atomic mass is 19.1. The molecule has 0 bridgehead atoms. The molecular weight excluding hydrogens is 369 g/mol. The molecule has 2 aromatic rings. The second-order valence-electron chi connectivity index (χ2n) is 7.46. The summed E-state index contributed by atoms with van der Waals surface area (Å²) in [5.41, 5.74) is 0.705. The van der Waals surface area contributed by atoms with Crippen molar-refractivity contribution >= 4 is 5.96 Å². The van der Waals surface area contributed by atoms with Crippen LogP contribution in [0.2, 0.25) is 0 Å². The van der Waals surface area contributed by atoms with Crippen molar-refractivity contribution in [2.24, 2.45) is 12.0 Å². The van der Waals surface area contributed by atoms with Crippen molar-refractivity contribution in [1.82, 2.24) is 30.3 Å². The summed E-state index contributed by atoms with van der Waals surface area (Å²) in [5, 5.41) is 15.1. The summed E-state index contributed by atoms with van der Waals surface area (Å²) in [7, 11) is 1.94. The molecule has 1 fully saturated rings. The second kappa shape index (κ2) is 10.3. The summed E-state index contributed by atoms with van der Waals surface area (Å²) < 4.78 is 15.8. The third kappa shape index (κ3) is 5.76. The minimum atomic E-state index is -0.167. The Kier molecular flexibility index (Phi) is 7.57. The zero-order valence-electron chi connectivity index (χ0n) is 17.7. The van der Waals surface area contributed by atoms with Gasteiger partial charge in [-0.2, -0.15) is 0 Å². The van der Waals surface area contributed by atoms with E-state index in [2.05, 4.69) is 32.7 Å². The van der Waals surface area contributed by atoms with Crippen molar-refractivity contribution in [3.8, 4) is 0 Å². The van der Waals surface area contributed by atoms with Gasteiger partial charge < -0.3 is 15.2 Å². The SMILES string of the molecule is CCN1CCCC1CNC(=NCc1nnc(C)n1C)NCCc1ccccc1F. The molecule has 0 aliphatic carbocycles. The van der Waals surface area contributed by atoms with Crippen LogP contribution in [0.1, 0.15) is 37.0 Å². The molecule has 1 atom stereocenters. The zero-order valence-corrected chi connectivity index (χ0v) is 17.7. The Morgan fingerprint density at radius 2 is 2.10 bits per heavy atom. The van der Waals surface area contributed by atoms with Crippen LogP contribution in [0.25, 0.3) is 0 Å². The van der Waals surface area contributed by atoms with Crippen molar-refractivity contribution in [2.45, 2.75) is 45.7 Å². The van der Waals surface area contributed by atoms with E-state index >= 15 is 0 Å². The molecule has 0 spiro atoms. The Morgan fingerprint density at radius 3 is 2.83 bits per heavy atom. The monoisotopic (exact) mass is 401 g/mol. The van der Waals surface area contributed by atoms with Crippen LogP contribution >= 0.6 is 0 Å². The number of hydrogen-bond donors (Lipinski definition) is 2. The van der Waals surface area contributed by atoms with Crippen LogP contribution in [0.5, 0.6) is 0 Å². The number of benzene rings is 1. The maximum Gasteiger partial charge on any atom is 0.191 e. The topological polar surface area (TPSA) is 70.4 Å². The fourth-order valence-electron chi connectivity index (χ4n) is 3.69. The van der Waals surface area contributed by atoms with Crippen molar-refractivity contribution in [3.63, 3.8) is 0 Å². The van der Waals surface area contributed by atoms with E-state index in [1.54, 1.807) is 6.07 Å². The van der Waals surface area contributed by atoms with E-state index in [0.717, 1.165) is 37.2 Å². The Bertz CT molecular complexity index is 817. The molecule has 1 aromatic carbocycles. The van der Waals surface area contributed by atoms with E-state index in [9.17, 15) is 4.39 Å². The summed E-state index contributed by atoms with van der Waals surface area (Å²) in [4.78, 5) is 7.19. The Labute approximate surface area is 172 Å². The molecular formula is C21H32FN7. The summed E-state index contributed by atoms with van der Waals surface area (Å²) in [6.07, 6.45) is 3.04. The van der Waals surface area contributed by atoms with Gasteiger partial charge in [-0.05, 0) is 50.9 Å². The lowest BCUT2D eigenvalue weighted by atomic mass is 10.1. The van der Waals surface area contributed by atoms with Gasteiger partial charge >= 0.3 is 0 Å². The fraction of sp³-hybridized carbons (Fsp3) is 0.571. The van der Waals surface area contributed by atoms with Crippen molar-refractivity contribution in [1.29, 1.82) is 0 Å². The lowest BCUT2D eigenvalue weighted by Gasteiger charge is -2.24. The van der Waals surface area contributed by atoms with Crippen molar-refractivity contribution in [2.75, 3.05) is 26.2 Å². The average molecular weight is 402 g/mol. The van der Waals surface area contributed by atoms with Gasteiger partial charge in [0.25, 0.3) is 0 Å². The van der Waals surface area contributed by atoms with Crippen molar-refractivity contribution in [3.05, 3.63) is 47.3 Å². The zero-order chi connectivity index (χ0) is 20.6. The molecule has 1 unspecified atom stereocenters. The van der Waals surface area contributed by atoms with Crippen LogP contribution in [0, 0.1) is 12.7 Å². The molecule has 2 N–H and O–H groups in total. The lowest BCUT2D eigenvalue weighted by Crippen LogP contribution is -2.45. The first-order valence-corrected chi connectivity index (χ1v) is 10.4. The molecule has 7 nitrogen and oxygen atoms in total. The largest absolute Gasteiger partial charge is 0.356 e. The van der Waals surface area contributed by atoms with E-state index in [1.165, 1.54) is 18.9 Å². The molecule has 1 saturated heterocycles. The number of rotatable bonds is 8. The summed E-state index contributed by atoms with van der Waals surface area (Å²) in [6, 6.07) is 7.42. The maximum atomic E-state index is 13.9. The molecule has 1 aromatic heterocycles. The van der Waals surface area contributed by atoms with Crippen LogP contribution in [-0.4, -0.2) is 57.8 Å². The number of aromatic nitrogens is 3. The third-order valence-electron chi connectivity index (χ3n) is 5.62. The van der Waals surface area contributed by atoms with Gasteiger partial charge in [-0.3, -0.25) is 4.90 Å². The smallest absolute Gasteiger partial charge is 0.191 e. The van der Waals surface area contributed by atoms with Gasteiger partial charge in [-0.25, -0.2) is 9.38 Å². The molecule has 2 heterocycles. The number of hydrogen-bond acceptors (Lipinski definition) is 4. The van der Waals surface area contributed by atoms with Crippen LogP contribution in [0.4, 0.5) is 4.39 Å². The number of aryl methyl sites for hydroxylation is 1. The summed E-state index contributed by atoms with van der Waals surface area (Å²) >= 11 is 0. The first-order valence-electron chi connectivity index (χ1n) is 10.4. The van der Waals surface area contributed by atoms with Crippen molar-refractivity contribution < 1.29 is 4.39 Å². The second-order valence-corrected chi connectivity index (χ2v) is 7.46. The van der Waals surface area contributed by atoms with Gasteiger partial charge in [0.2, 0.25) is 0 Å². The molecule has 29 heavy (non-hydrogen) atoms. The van der Waals surface area contributed by atoms with E-state index in [-0.39, 0.29) is 5.82 Å². The van der Waals surface area contributed by atoms with Gasteiger partial charge in [-0.15, -0.1) is 10.2 Å². The molecule has 1 aliphatic rings. The highest BCUT2D eigenvalue weighted by Gasteiger charge is 2.22. The van der Waals surface area contributed by atoms with E-state index < -0.39 is 0 Å². The molecule has 0 saturated carbocycles. The van der Waals surface area contributed by atoms with Gasteiger partial charge in [0.15, 0.2) is 11.8 Å². The molecule has 0 radical (unpaired) electrons. The van der Waals surface area contributed by atoms with Crippen LogP contribution in [0.3, 0.4) is 0 Å². The predicted molar refractivity (Wildman–Crippen MR) is 113 cm³/mol. The summed E-state index contributed by atoms with van der Waals surface area (Å²) in [6.45, 7) is 8.24. The van der Waals surface area contributed by atoms with E-state index in [4.69, 9.17) is 4.99 Å². The molecule has 8 heteroatoms. The Hall–Kier alpha value is -2.48. The first-order chi connectivity index (χ1) is 14.1. The standard InChI is InChI=1S/C21H32FN7/c1-4-29-13-7-9-18(29)14-24-21(25-15-20-27-26-16(2)28(20)3)23-12-11-17-8-5-6-10-19(17)22/h5-6,8,10,18H,4,7,9,11-15H2,1-3H3,(H2,23,24,25). The van der Waals surface area contributed by atoms with Gasteiger partial charge in [-0.1, -0.05) is 25.1 Å². The number of nitrogens with one attached hydrogen (secondary N) is 2. The fourth-order valence-corrected chi connectivity index (χ4v) is 3.69. The quantitative estimate of drug-likeness (QED) is 0.523. The molecule has 1 aliphatic heterocycles. The van der Waals surface area contributed by atoms with Gasteiger partial charge in [0, 0.05) is 26.2 Å². The average Bonchev–Trinajstić information content (AvgIpc) is 3.31. The Balaban J connectivity index is 1.61. The number of halogens is 1. The minimum absolute atomic E-state index is 0.167. The lowest BCUT2D eigenvalue weighted by molar-refractivity contribution is 0.267. The number of likely N-dealkylation sites (N-methyl/N-ethyl adjacent to an activating group) is 1. The van der Waals surface area contributed by atoms with E-state index in [0.29, 0.717) is 31.1 Å². The maximum absolute atomic E-state index is 13.9. The highest BCUT2D eigenvalue weighted by molar-refractivity contribution is 5.79.